The first kappa shape index (κ1) is 17.2. The van der Waals surface area contributed by atoms with Crippen molar-refractivity contribution in [3.63, 3.8) is 0 Å². The van der Waals surface area contributed by atoms with Gasteiger partial charge in [0.15, 0.2) is 0 Å². The number of ether oxygens (including phenoxy) is 1. The SMILES string of the molecule is Cc1nc(Nc2ccc(Oc3ccccc3)cc2)c2c3c(sc2n1)CCCC3. The van der Waals surface area contributed by atoms with E-state index in [0.29, 0.717) is 0 Å². The van der Waals surface area contributed by atoms with E-state index < -0.39 is 0 Å². The Morgan fingerprint density at radius 1 is 0.893 bits per heavy atom. The van der Waals surface area contributed by atoms with E-state index in [9.17, 15) is 0 Å². The zero-order valence-electron chi connectivity index (χ0n) is 15.7. The Kier molecular flexibility index (Phi) is 4.45. The number of aromatic nitrogens is 2. The van der Waals surface area contributed by atoms with E-state index in [1.54, 1.807) is 0 Å². The van der Waals surface area contributed by atoms with Crippen molar-refractivity contribution in [1.29, 1.82) is 0 Å². The van der Waals surface area contributed by atoms with Crippen LogP contribution in [0.2, 0.25) is 0 Å². The molecule has 0 atom stereocenters. The van der Waals surface area contributed by atoms with Crippen molar-refractivity contribution in [2.24, 2.45) is 0 Å². The van der Waals surface area contributed by atoms with Gasteiger partial charge in [-0.15, -0.1) is 11.3 Å². The Morgan fingerprint density at radius 2 is 1.64 bits per heavy atom. The third kappa shape index (κ3) is 3.34. The standard InChI is InChI=1S/C23H21N3OS/c1-15-24-22(21-19-9-5-6-10-20(19)28-23(21)25-15)26-16-11-13-18(14-12-16)27-17-7-3-2-4-8-17/h2-4,7-8,11-14H,5-6,9-10H2,1H3,(H,24,25,26). The minimum Gasteiger partial charge on any atom is -0.457 e. The second-order valence-electron chi connectivity index (χ2n) is 7.07. The number of fused-ring (bicyclic) bond motifs is 3. The molecule has 28 heavy (non-hydrogen) atoms. The minimum absolute atomic E-state index is 0.803. The third-order valence-corrected chi connectivity index (χ3v) is 6.21. The molecule has 4 nitrogen and oxygen atoms in total. The van der Waals surface area contributed by atoms with Gasteiger partial charge in [-0.2, -0.15) is 0 Å². The molecule has 0 fully saturated rings. The molecule has 0 aliphatic heterocycles. The predicted molar refractivity (Wildman–Crippen MR) is 115 cm³/mol. The number of hydrogen-bond donors (Lipinski definition) is 1. The summed E-state index contributed by atoms with van der Waals surface area (Å²) in [5.41, 5.74) is 2.44. The molecule has 1 aliphatic carbocycles. The molecule has 140 valence electrons. The van der Waals surface area contributed by atoms with Gasteiger partial charge in [0, 0.05) is 10.6 Å². The number of benzene rings is 2. The summed E-state index contributed by atoms with van der Waals surface area (Å²) < 4.78 is 5.88. The Balaban J connectivity index is 1.44. The van der Waals surface area contributed by atoms with Crippen molar-refractivity contribution in [2.75, 3.05) is 5.32 Å². The summed E-state index contributed by atoms with van der Waals surface area (Å²) in [6.45, 7) is 1.96. The maximum Gasteiger partial charge on any atom is 0.143 e. The number of nitrogens with one attached hydrogen (secondary N) is 1. The fourth-order valence-electron chi connectivity index (χ4n) is 3.72. The largest absolute Gasteiger partial charge is 0.457 e. The van der Waals surface area contributed by atoms with Crippen LogP contribution in [0, 0.1) is 6.92 Å². The molecule has 0 unspecified atom stereocenters. The molecule has 2 heterocycles. The van der Waals surface area contributed by atoms with Crippen LogP contribution in [0.1, 0.15) is 29.1 Å². The van der Waals surface area contributed by atoms with Gasteiger partial charge in [0.1, 0.15) is 28.0 Å². The average Bonchev–Trinajstić information content (AvgIpc) is 3.08. The van der Waals surface area contributed by atoms with Crippen molar-refractivity contribution in [2.45, 2.75) is 32.6 Å². The highest BCUT2D eigenvalue weighted by atomic mass is 32.1. The maximum atomic E-state index is 5.88. The molecule has 0 saturated carbocycles. The first-order chi connectivity index (χ1) is 13.8. The van der Waals surface area contributed by atoms with Crippen LogP contribution >= 0.6 is 11.3 Å². The lowest BCUT2D eigenvalue weighted by Gasteiger charge is -2.13. The van der Waals surface area contributed by atoms with Crippen LogP contribution in [0.5, 0.6) is 11.5 Å². The van der Waals surface area contributed by atoms with Crippen LogP contribution in [0.4, 0.5) is 11.5 Å². The van der Waals surface area contributed by atoms with E-state index in [-0.39, 0.29) is 0 Å². The Labute approximate surface area is 168 Å². The highest BCUT2D eigenvalue weighted by Crippen LogP contribution is 2.39. The van der Waals surface area contributed by atoms with Crippen molar-refractivity contribution in [1.82, 2.24) is 9.97 Å². The number of aryl methyl sites for hydroxylation is 3. The molecule has 2 aromatic heterocycles. The maximum absolute atomic E-state index is 5.88. The number of thiophene rings is 1. The smallest absolute Gasteiger partial charge is 0.143 e. The van der Waals surface area contributed by atoms with Crippen LogP contribution in [0.25, 0.3) is 10.2 Å². The number of rotatable bonds is 4. The lowest BCUT2D eigenvalue weighted by molar-refractivity contribution is 0.483. The zero-order valence-corrected chi connectivity index (χ0v) is 16.6. The quantitative estimate of drug-likeness (QED) is 0.439. The normalized spacial score (nSPS) is 13.3. The molecule has 4 aromatic rings. The summed E-state index contributed by atoms with van der Waals surface area (Å²) in [4.78, 5) is 12.0. The molecule has 0 spiro atoms. The summed E-state index contributed by atoms with van der Waals surface area (Å²) in [7, 11) is 0. The second kappa shape index (κ2) is 7.24. The molecular formula is C23H21N3OS. The van der Waals surface area contributed by atoms with Crippen molar-refractivity contribution >= 4 is 33.1 Å². The second-order valence-corrected chi connectivity index (χ2v) is 8.16. The van der Waals surface area contributed by atoms with E-state index in [0.717, 1.165) is 40.1 Å². The molecule has 0 bridgehead atoms. The molecule has 1 N–H and O–H groups in total. The first-order valence-electron chi connectivity index (χ1n) is 9.65. The fourth-order valence-corrected chi connectivity index (χ4v) is 5.03. The number of para-hydroxylation sites is 1. The van der Waals surface area contributed by atoms with Crippen molar-refractivity contribution in [3.8, 4) is 11.5 Å². The third-order valence-electron chi connectivity index (χ3n) is 5.02. The van der Waals surface area contributed by atoms with Gasteiger partial charge in [-0.3, -0.25) is 0 Å². The van der Waals surface area contributed by atoms with E-state index in [2.05, 4.69) is 5.32 Å². The summed E-state index contributed by atoms with van der Waals surface area (Å²) in [5, 5.41) is 4.72. The van der Waals surface area contributed by atoms with Gasteiger partial charge in [0.25, 0.3) is 0 Å². The highest BCUT2D eigenvalue weighted by molar-refractivity contribution is 7.19. The fraction of sp³-hybridized carbons (Fsp3) is 0.217. The monoisotopic (exact) mass is 387 g/mol. The molecule has 2 aromatic carbocycles. The summed E-state index contributed by atoms with van der Waals surface area (Å²) in [6, 6.07) is 17.8. The Bertz CT molecular complexity index is 1120. The lowest BCUT2D eigenvalue weighted by atomic mass is 9.97. The van der Waals surface area contributed by atoms with Crippen LogP contribution in [-0.4, -0.2) is 9.97 Å². The molecule has 0 amide bonds. The minimum atomic E-state index is 0.803. The van der Waals surface area contributed by atoms with Gasteiger partial charge in [0.05, 0.1) is 5.39 Å². The van der Waals surface area contributed by atoms with Gasteiger partial charge >= 0.3 is 0 Å². The van der Waals surface area contributed by atoms with Crippen LogP contribution < -0.4 is 10.1 Å². The Hall–Kier alpha value is -2.92. The van der Waals surface area contributed by atoms with Gasteiger partial charge in [-0.05, 0) is 74.6 Å². The van der Waals surface area contributed by atoms with E-state index in [1.165, 1.54) is 35.1 Å². The van der Waals surface area contributed by atoms with Crippen molar-refractivity contribution in [3.05, 3.63) is 70.9 Å². The molecule has 0 saturated heterocycles. The van der Waals surface area contributed by atoms with Crippen LogP contribution in [0.15, 0.2) is 54.6 Å². The number of nitrogens with zero attached hydrogens (tertiary/aromatic N) is 2. The highest BCUT2D eigenvalue weighted by Gasteiger charge is 2.20. The molecule has 5 rings (SSSR count). The average molecular weight is 388 g/mol. The van der Waals surface area contributed by atoms with Gasteiger partial charge < -0.3 is 10.1 Å². The predicted octanol–water partition coefficient (Wildman–Crippen LogP) is 6.41. The molecule has 0 radical (unpaired) electrons. The molecule has 5 heteroatoms. The molecular weight excluding hydrogens is 366 g/mol. The van der Waals surface area contributed by atoms with E-state index in [4.69, 9.17) is 14.7 Å². The van der Waals surface area contributed by atoms with Crippen molar-refractivity contribution < 1.29 is 4.74 Å². The number of anilines is 2. The summed E-state index contributed by atoms with van der Waals surface area (Å²) >= 11 is 1.83. The van der Waals surface area contributed by atoms with Crippen LogP contribution in [0.3, 0.4) is 0 Å². The molecule has 1 aliphatic rings. The van der Waals surface area contributed by atoms with Gasteiger partial charge in [-0.25, -0.2) is 9.97 Å². The Morgan fingerprint density at radius 3 is 2.46 bits per heavy atom. The topological polar surface area (TPSA) is 47.0 Å². The summed E-state index contributed by atoms with van der Waals surface area (Å²) in [6.07, 6.45) is 4.82. The van der Waals surface area contributed by atoms with Gasteiger partial charge in [0.2, 0.25) is 0 Å². The zero-order chi connectivity index (χ0) is 18.9. The first-order valence-corrected chi connectivity index (χ1v) is 10.5. The van der Waals surface area contributed by atoms with Crippen LogP contribution in [-0.2, 0) is 12.8 Å². The van der Waals surface area contributed by atoms with E-state index >= 15 is 0 Å². The number of hydrogen-bond acceptors (Lipinski definition) is 5. The lowest BCUT2D eigenvalue weighted by Crippen LogP contribution is -2.02. The van der Waals surface area contributed by atoms with E-state index in [1.807, 2.05) is 72.9 Å². The van der Waals surface area contributed by atoms with Gasteiger partial charge in [-0.1, -0.05) is 18.2 Å². The summed E-state index contributed by atoms with van der Waals surface area (Å²) in [5.74, 6) is 3.37.